The number of rotatable bonds is 21. The summed E-state index contributed by atoms with van der Waals surface area (Å²) in [5.41, 5.74) is 4.74. The van der Waals surface area contributed by atoms with Gasteiger partial charge in [0.2, 0.25) is 0 Å². The number of aliphatic hydroxyl groups is 1. The van der Waals surface area contributed by atoms with E-state index >= 15 is 0 Å². The fraction of sp³-hybridized carbons (Fsp3) is 0.581. The molecule has 3 N–H and O–H groups in total. The zero-order valence-electron chi connectivity index (χ0n) is 42.4. The van der Waals surface area contributed by atoms with E-state index in [0.717, 1.165) is 80.6 Å². The van der Waals surface area contributed by atoms with Crippen molar-refractivity contribution in [1.82, 2.24) is 79.5 Å². The zero-order valence-corrected chi connectivity index (χ0v) is 44.1. The number of likely N-dealkylation sites (N-methyl/N-ethyl adjacent to an activating group) is 1. The van der Waals surface area contributed by atoms with E-state index < -0.39 is 44.9 Å². The van der Waals surface area contributed by atoms with Gasteiger partial charge in [-0.2, -0.15) is 27.0 Å². The van der Waals surface area contributed by atoms with Crippen LogP contribution < -0.4 is 0 Å². The lowest BCUT2D eigenvalue weighted by molar-refractivity contribution is -0.0184. The molecule has 75 heavy (non-hydrogen) atoms. The van der Waals surface area contributed by atoms with Gasteiger partial charge in [0.25, 0.3) is 7.41 Å². The van der Waals surface area contributed by atoms with Crippen LogP contribution >= 0.6 is 0 Å². The highest BCUT2D eigenvalue weighted by atomic mass is 32.3. The second kappa shape index (κ2) is 26.4. The number of hydrogen-bond donors (Lipinski definition) is 3. The van der Waals surface area contributed by atoms with Crippen molar-refractivity contribution >= 4 is 69.6 Å². The Morgan fingerprint density at radius 2 is 1.08 bits per heavy atom. The van der Waals surface area contributed by atoms with Crippen LogP contribution in [0.1, 0.15) is 83.3 Å². The fourth-order valence-electron chi connectivity index (χ4n) is 8.53. The van der Waals surface area contributed by atoms with Gasteiger partial charge in [-0.15, -0.1) is 23.9 Å². The van der Waals surface area contributed by atoms with Crippen molar-refractivity contribution in [3.63, 3.8) is 0 Å². The van der Waals surface area contributed by atoms with Crippen molar-refractivity contribution in [1.29, 1.82) is 0 Å². The number of nitrogens with zero attached hydrogens (tertiary/aromatic N) is 16. The Bertz CT molecular complexity index is 2690. The molecule has 0 aliphatic carbocycles. The SMILES string of the molecule is C/C=C/C.CCCCCc1cn(C2=CC3CN(C2)C(=O)N3OS(=O)(=O)O)nn1.CCCN([B]C=O)Cc1cn(C2=CC3CN(C2)C(=O)N3C)nn1.O=C1N2CC(n3cc(CCCCO)nn3)=CC(C2)N1OS(=O)(=O)O. The Morgan fingerprint density at radius 1 is 0.653 bits per heavy atom. The Morgan fingerprint density at radius 3 is 1.49 bits per heavy atom. The topological polar surface area (TPSA) is 331 Å². The maximum absolute atomic E-state index is 12.1. The molecule has 3 unspecified atom stereocenters. The van der Waals surface area contributed by atoms with E-state index in [4.69, 9.17) is 14.2 Å². The zero-order chi connectivity index (χ0) is 54.5. The third-order valence-electron chi connectivity index (χ3n) is 12.2. The molecule has 6 amide bonds. The standard InChI is InChI=1S/C14H20BN6O2.C13H19N5O5S.C12H17N5O6S.C4H8/c1-3-4-20(15-10-22)6-11-7-21(17-16-11)13-5-12-8-19(9-13)14(23)18(12)2;1-2-3-4-5-10-7-17(15-14-10)11-6-12-9-16(8-11)13(19)18(12)23-24(20,21)22;18-4-2-1-3-9-6-16(14-13-9)10-5-11-8-15(7-10)12(19)17(11)23-24(20,21)22;1-3-4-2/h5,7,10,12H,3-4,6,8-9H2,1-2H3;6-7,12H,2-5,8-9H2,1H3,(H,20,21,22);5-6,11,18H,1-4,7-8H2,(H,20,21,22);3-4H,1-2H3/b;;;4-3+. The highest BCUT2D eigenvalue weighted by molar-refractivity contribution is 7.81. The average molecular weight is 1090 g/mol. The fourth-order valence-corrected chi connectivity index (χ4v) is 9.28. The second-order valence-electron chi connectivity index (χ2n) is 18.0. The van der Waals surface area contributed by atoms with Gasteiger partial charge in [-0.05, 0) is 77.1 Å². The van der Waals surface area contributed by atoms with Gasteiger partial charge >= 0.3 is 38.9 Å². The molecule has 3 aromatic rings. The summed E-state index contributed by atoms with van der Waals surface area (Å²) < 4.78 is 74.6. The van der Waals surface area contributed by atoms with Crippen LogP contribution in [0.5, 0.6) is 0 Å². The normalized spacial score (nSPS) is 19.9. The number of fused-ring (bicyclic) bond motifs is 6. The highest BCUT2D eigenvalue weighted by Gasteiger charge is 2.45. The summed E-state index contributed by atoms with van der Waals surface area (Å²) in [6.07, 6.45) is 22.8. The van der Waals surface area contributed by atoms with Gasteiger partial charge in [0.15, 0.2) is 0 Å². The lowest BCUT2D eigenvalue weighted by atomic mass is 9.94. The minimum atomic E-state index is -4.78. The number of amides is 6. The van der Waals surface area contributed by atoms with Crippen molar-refractivity contribution < 1.29 is 58.8 Å². The van der Waals surface area contributed by atoms with Crippen LogP contribution in [-0.4, -0.2) is 220 Å². The first-order valence-electron chi connectivity index (χ1n) is 24.4. The van der Waals surface area contributed by atoms with Crippen LogP contribution in [0, 0.1) is 0 Å². The minimum absolute atomic E-state index is 0.0521. The van der Waals surface area contributed by atoms with E-state index in [1.54, 1.807) is 32.6 Å². The molecule has 9 rings (SSSR count). The quantitative estimate of drug-likeness (QED) is 0.0447. The van der Waals surface area contributed by atoms with Crippen molar-refractivity contribution in [3.8, 4) is 0 Å². The van der Waals surface area contributed by atoms with Gasteiger partial charge in [0, 0.05) is 39.8 Å². The molecule has 3 aromatic heterocycles. The van der Waals surface area contributed by atoms with Crippen LogP contribution in [0.15, 0.2) is 49.0 Å². The largest absolute Gasteiger partial charge is 0.418 e. The summed E-state index contributed by atoms with van der Waals surface area (Å²) in [4.78, 5) is 55.1. The van der Waals surface area contributed by atoms with Crippen molar-refractivity contribution in [2.24, 2.45) is 0 Å². The molecule has 29 nitrogen and oxygen atoms in total. The molecule has 0 aromatic carbocycles. The first-order valence-corrected chi connectivity index (χ1v) is 27.1. The molecule has 6 aliphatic rings. The van der Waals surface area contributed by atoms with Crippen LogP contribution in [0.2, 0.25) is 0 Å². The van der Waals surface area contributed by atoms with Gasteiger partial charge < -0.3 is 34.3 Å². The number of hydrogen-bond acceptors (Lipinski definition) is 18. The summed E-state index contributed by atoms with van der Waals surface area (Å²) in [6.45, 7) is 12.0. The van der Waals surface area contributed by atoms with Gasteiger partial charge in [-0.25, -0.2) is 28.4 Å². The predicted octanol–water partition coefficient (Wildman–Crippen LogP) is 1.47. The summed E-state index contributed by atoms with van der Waals surface area (Å²) in [7, 11) is -6.19. The van der Waals surface area contributed by atoms with Crippen LogP contribution in [0.3, 0.4) is 0 Å². The number of urea groups is 3. The second-order valence-corrected chi connectivity index (χ2v) is 20.0. The summed E-state index contributed by atoms with van der Waals surface area (Å²) in [5.74, 6) is 0. The number of allylic oxidation sites excluding steroid dienone is 2. The van der Waals surface area contributed by atoms with Gasteiger partial charge in [0.05, 0.1) is 84.6 Å². The third-order valence-corrected chi connectivity index (χ3v) is 12.9. The molecule has 1 radical (unpaired) electrons. The summed E-state index contributed by atoms with van der Waals surface area (Å²) in [5, 5.41) is 34.7. The molecular weight excluding hydrogens is 1020 g/mol. The molecule has 3 atom stereocenters. The highest BCUT2D eigenvalue weighted by Crippen LogP contribution is 2.29. The molecular formula is C43H64BN16O13S2. The van der Waals surface area contributed by atoms with E-state index in [0.29, 0.717) is 47.5 Å². The Hall–Kier alpha value is -6.42. The third kappa shape index (κ3) is 15.8. The minimum Gasteiger partial charge on any atom is -0.396 e. The maximum atomic E-state index is 12.1. The molecule has 32 heteroatoms. The number of hydroxylamine groups is 4. The van der Waals surface area contributed by atoms with E-state index in [9.17, 15) is 36.0 Å². The molecule has 409 valence electrons. The number of aromatic nitrogens is 9. The molecule has 6 bridgehead atoms. The number of carbonyl (C=O) groups is 4. The molecule has 0 spiro atoms. The Labute approximate surface area is 435 Å². The lowest BCUT2D eigenvalue weighted by Crippen LogP contribution is -2.35. The number of unbranched alkanes of at least 4 members (excludes halogenated alkanes) is 3. The smallest absolute Gasteiger partial charge is 0.396 e. The van der Waals surface area contributed by atoms with Crippen LogP contribution in [0.4, 0.5) is 14.4 Å². The van der Waals surface area contributed by atoms with E-state index in [1.807, 2.05) is 55.2 Å². The van der Waals surface area contributed by atoms with E-state index in [1.165, 1.54) is 21.9 Å². The number of carbonyl (C=O) groups excluding carboxylic acids is 4. The van der Waals surface area contributed by atoms with Crippen LogP contribution in [-0.2, 0) is 53.5 Å². The Balaban J connectivity index is 0.000000176. The lowest BCUT2D eigenvalue weighted by Gasteiger charge is -2.20. The van der Waals surface area contributed by atoms with Gasteiger partial charge in [-0.1, -0.05) is 54.5 Å². The molecule has 3 saturated heterocycles. The summed E-state index contributed by atoms with van der Waals surface area (Å²) >= 11 is 0. The van der Waals surface area contributed by atoms with E-state index in [2.05, 4.69) is 59.4 Å². The van der Waals surface area contributed by atoms with E-state index in [-0.39, 0.29) is 44.9 Å². The number of aryl methyl sites for hydroxylation is 2. The van der Waals surface area contributed by atoms with Crippen molar-refractivity contribution in [3.05, 3.63) is 66.1 Å². The predicted molar refractivity (Wildman–Crippen MR) is 269 cm³/mol. The maximum Gasteiger partial charge on any atom is 0.418 e. The Kier molecular flexibility index (Phi) is 20.3. The van der Waals surface area contributed by atoms with Crippen LogP contribution in [0.25, 0.3) is 17.1 Å². The summed E-state index contributed by atoms with van der Waals surface area (Å²) in [6, 6.07) is -2.38. The molecule has 0 saturated carbocycles. The first kappa shape index (κ1) is 57.9. The first-order chi connectivity index (χ1) is 35.8. The monoisotopic (exact) mass is 1090 g/mol. The average Bonchev–Trinajstić information content (AvgIpc) is 4.25. The van der Waals surface area contributed by atoms with Crippen molar-refractivity contribution in [2.45, 2.75) is 104 Å². The number of aliphatic hydroxyl groups excluding tert-OH is 1. The molecule has 3 fully saturated rings. The van der Waals surface area contributed by atoms with Crippen molar-refractivity contribution in [2.75, 3.05) is 59.5 Å². The van der Waals surface area contributed by atoms with Gasteiger partial charge in [0.1, 0.15) is 12.1 Å². The molecule has 9 heterocycles. The van der Waals surface area contributed by atoms with Gasteiger partial charge in [-0.3, -0.25) is 9.11 Å². The molecule has 6 aliphatic heterocycles.